The van der Waals surface area contributed by atoms with E-state index in [0.29, 0.717) is 25.1 Å². The van der Waals surface area contributed by atoms with Crippen molar-refractivity contribution < 1.29 is 13.2 Å². The highest BCUT2D eigenvalue weighted by Gasteiger charge is 2.14. The average Bonchev–Trinajstić information content (AvgIpc) is 2.76. The van der Waals surface area contributed by atoms with Crippen LogP contribution in [-0.2, 0) is 21.8 Å². The molecular weight excluding hydrogens is 266 g/mol. The van der Waals surface area contributed by atoms with E-state index in [1.54, 1.807) is 31.6 Å². The first-order chi connectivity index (χ1) is 9.04. The lowest BCUT2D eigenvalue weighted by Gasteiger charge is -2.06. The van der Waals surface area contributed by atoms with Gasteiger partial charge in [0.2, 0.25) is 10.0 Å². The Morgan fingerprint density at radius 3 is 2.95 bits per heavy atom. The van der Waals surface area contributed by atoms with E-state index in [9.17, 15) is 8.42 Å². The molecule has 0 unspecified atom stereocenters. The molecule has 0 bridgehead atoms. The van der Waals surface area contributed by atoms with Crippen LogP contribution in [0.1, 0.15) is 6.42 Å². The summed E-state index contributed by atoms with van der Waals surface area (Å²) < 4.78 is 33.4. The normalized spacial score (nSPS) is 12.1. The van der Waals surface area contributed by atoms with Crippen LogP contribution in [-0.4, -0.2) is 38.2 Å². The quantitative estimate of drug-likeness (QED) is 0.799. The standard InChI is InChI=1S/C12H17N3O3S/c1-15-9-13-11-8-10(4-5-12(11)15)19(16,17)14-6-3-7-18-2/h4-5,8-9,14H,3,6-7H2,1-2H3. The van der Waals surface area contributed by atoms with Crippen molar-refractivity contribution in [1.29, 1.82) is 0 Å². The average molecular weight is 283 g/mol. The SMILES string of the molecule is COCCCNS(=O)(=O)c1ccc2c(c1)ncn2C. The minimum atomic E-state index is -3.48. The molecule has 1 aromatic heterocycles. The number of benzene rings is 1. The lowest BCUT2D eigenvalue weighted by atomic mass is 10.3. The fraction of sp³-hybridized carbons (Fsp3) is 0.417. The van der Waals surface area contributed by atoms with Crippen LogP contribution >= 0.6 is 0 Å². The molecule has 7 heteroatoms. The maximum Gasteiger partial charge on any atom is 0.240 e. The van der Waals surface area contributed by atoms with E-state index >= 15 is 0 Å². The number of aromatic nitrogens is 2. The number of imidazole rings is 1. The van der Waals surface area contributed by atoms with Crippen molar-refractivity contribution in [2.45, 2.75) is 11.3 Å². The number of nitrogens with one attached hydrogen (secondary N) is 1. The van der Waals surface area contributed by atoms with Crippen molar-refractivity contribution in [2.75, 3.05) is 20.3 Å². The topological polar surface area (TPSA) is 73.2 Å². The zero-order valence-electron chi connectivity index (χ0n) is 11.0. The fourth-order valence-corrected chi connectivity index (χ4v) is 2.88. The second-order valence-corrected chi connectivity index (χ2v) is 6.02. The molecule has 0 aliphatic heterocycles. The first-order valence-corrected chi connectivity index (χ1v) is 7.42. The minimum Gasteiger partial charge on any atom is -0.385 e. The Hall–Kier alpha value is -1.44. The highest BCUT2D eigenvalue weighted by Crippen LogP contribution is 2.17. The number of methoxy groups -OCH3 is 1. The number of sulfonamides is 1. The van der Waals surface area contributed by atoms with Gasteiger partial charge in [0.25, 0.3) is 0 Å². The van der Waals surface area contributed by atoms with Gasteiger partial charge in [-0.1, -0.05) is 0 Å². The predicted octanol–water partition coefficient (Wildman–Crippen LogP) is 0.888. The van der Waals surface area contributed by atoms with Gasteiger partial charge in [-0.25, -0.2) is 18.1 Å². The van der Waals surface area contributed by atoms with Crippen LogP contribution in [0.2, 0.25) is 0 Å². The molecule has 0 saturated heterocycles. The van der Waals surface area contributed by atoms with Crippen molar-refractivity contribution in [3.8, 4) is 0 Å². The highest BCUT2D eigenvalue weighted by molar-refractivity contribution is 7.89. The Morgan fingerprint density at radius 2 is 2.21 bits per heavy atom. The Kier molecular flexibility index (Phi) is 4.18. The smallest absolute Gasteiger partial charge is 0.240 e. The molecule has 0 amide bonds. The van der Waals surface area contributed by atoms with Gasteiger partial charge in [0.15, 0.2) is 0 Å². The van der Waals surface area contributed by atoms with Crippen LogP contribution in [0.25, 0.3) is 11.0 Å². The summed E-state index contributed by atoms with van der Waals surface area (Å²) in [5.74, 6) is 0. The predicted molar refractivity (Wildman–Crippen MR) is 72.4 cm³/mol. The van der Waals surface area contributed by atoms with Gasteiger partial charge in [0.1, 0.15) is 0 Å². The molecule has 1 aromatic carbocycles. The number of hydrogen-bond donors (Lipinski definition) is 1. The molecule has 104 valence electrons. The van der Waals surface area contributed by atoms with E-state index < -0.39 is 10.0 Å². The van der Waals surface area contributed by atoms with Gasteiger partial charge < -0.3 is 9.30 Å². The molecule has 19 heavy (non-hydrogen) atoms. The third-order valence-corrected chi connectivity index (χ3v) is 4.28. The van der Waals surface area contributed by atoms with Crippen molar-refractivity contribution >= 4 is 21.1 Å². The molecule has 0 aliphatic rings. The minimum absolute atomic E-state index is 0.233. The van der Waals surface area contributed by atoms with E-state index in [-0.39, 0.29) is 4.90 Å². The Labute approximate surface area is 112 Å². The fourth-order valence-electron chi connectivity index (χ4n) is 1.79. The monoisotopic (exact) mass is 283 g/mol. The van der Waals surface area contributed by atoms with Crippen molar-refractivity contribution in [3.05, 3.63) is 24.5 Å². The van der Waals surface area contributed by atoms with Crippen LogP contribution < -0.4 is 4.72 Å². The van der Waals surface area contributed by atoms with E-state index in [2.05, 4.69) is 9.71 Å². The summed E-state index contributed by atoms with van der Waals surface area (Å²) in [7, 11) is -0.0234. The number of fused-ring (bicyclic) bond motifs is 1. The molecule has 0 radical (unpaired) electrons. The third kappa shape index (κ3) is 3.12. The maximum atomic E-state index is 12.1. The number of aryl methyl sites for hydroxylation is 1. The van der Waals surface area contributed by atoms with Gasteiger partial charge in [0.05, 0.1) is 22.3 Å². The largest absolute Gasteiger partial charge is 0.385 e. The molecule has 0 fully saturated rings. The van der Waals surface area contributed by atoms with Crippen LogP contribution in [0.5, 0.6) is 0 Å². The second-order valence-electron chi connectivity index (χ2n) is 4.25. The number of hydrogen-bond acceptors (Lipinski definition) is 4. The van der Waals surface area contributed by atoms with Gasteiger partial charge in [-0.15, -0.1) is 0 Å². The zero-order valence-corrected chi connectivity index (χ0v) is 11.8. The lowest BCUT2D eigenvalue weighted by Crippen LogP contribution is -2.25. The van der Waals surface area contributed by atoms with Crippen LogP contribution in [0, 0.1) is 0 Å². The Balaban J connectivity index is 2.18. The zero-order chi connectivity index (χ0) is 13.9. The molecule has 0 saturated carbocycles. The lowest BCUT2D eigenvalue weighted by molar-refractivity contribution is 0.196. The van der Waals surface area contributed by atoms with Crippen molar-refractivity contribution in [3.63, 3.8) is 0 Å². The molecule has 6 nitrogen and oxygen atoms in total. The van der Waals surface area contributed by atoms with Gasteiger partial charge in [-0.3, -0.25) is 0 Å². The Morgan fingerprint density at radius 1 is 1.42 bits per heavy atom. The summed E-state index contributed by atoms with van der Waals surface area (Å²) in [4.78, 5) is 4.39. The van der Waals surface area contributed by atoms with Crippen molar-refractivity contribution in [1.82, 2.24) is 14.3 Å². The van der Waals surface area contributed by atoms with Gasteiger partial charge in [-0.05, 0) is 24.6 Å². The molecule has 0 spiro atoms. The van der Waals surface area contributed by atoms with Crippen LogP contribution in [0.4, 0.5) is 0 Å². The van der Waals surface area contributed by atoms with E-state index in [1.807, 2.05) is 11.6 Å². The summed E-state index contributed by atoms with van der Waals surface area (Å²) in [5, 5.41) is 0. The van der Waals surface area contributed by atoms with Gasteiger partial charge >= 0.3 is 0 Å². The Bertz CT molecular complexity index is 664. The maximum absolute atomic E-state index is 12.1. The first kappa shape index (κ1) is 14.0. The number of ether oxygens (including phenoxy) is 1. The molecular formula is C12H17N3O3S. The summed E-state index contributed by atoms with van der Waals surface area (Å²) in [6, 6.07) is 4.92. The van der Waals surface area contributed by atoms with Gasteiger partial charge in [-0.2, -0.15) is 0 Å². The summed E-state index contributed by atoms with van der Waals surface area (Å²) in [5.41, 5.74) is 1.57. The van der Waals surface area contributed by atoms with Crippen LogP contribution in [0.15, 0.2) is 29.4 Å². The first-order valence-electron chi connectivity index (χ1n) is 5.94. The van der Waals surface area contributed by atoms with Crippen molar-refractivity contribution in [2.24, 2.45) is 7.05 Å². The summed E-state index contributed by atoms with van der Waals surface area (Å²) in [6.07, 6.45) is 2.30. The molecule has 1 heterocycles. The molecule has 2 aromatic rings. The summed E-state index contributed by atoms with van der Waals surface area (Å²) in [6.45, 7) is 0.887. The number of rotatable bonds is 6. The molecule has 2 rings (SSSR count). The third-order valence-electron chi connectivity index (χ3n) is 2.82. The van der Waals surface area contributed by atoms with Gasteiger partial charge in [0, 0.05) is 27.3 Å². The van der Waals surface area contributed by atoms with Crippen LogP contribution in [0.3, 0.4) is 0 Å². The van der Waals surface area contributed by atoms with E-state index in [1.165, 1.54) is 0 Å². The molecule has 0 atom stereocenters. The number of nitrogens with zero attached hydrogens (tertiary/aromatic N) is 2. The van der Waals surface area contributed by atoms with E-state index in [4.69, 9.17) is 4.74 Å². The highest BCUT2D eigenvalue weighted by atomic mass is 32.2. The second kappa shape index (κ2) is 5.68. The van der Waals surface area contributed by atoms with E-state index in [0.717, 1.165) is 5.52 Å². The summed E-state index contributed by atoms with van der Waals surface area (Å²) >= 11 is 0. The molecule has 0 aliphatic carbocycles. The molecule has 1 N–H and O–H groups in total.